The fraction of sp³-hybridized carbons (Fsp3) is 0.188. The lowest BCUT2D eigenvalue weighted by Crippen LogP contribution is -2.26. The monoisotopic (exact) mass is 335 g/mol. The summed E-state index contributed by atoms with van der Waals surface area (Å²) in [5, 5.41) is 2.66. The Kier molecular flexibility index (Phi) is 5.59. The highest BCUT2D eigenvalue weighted by atomic mass is 32.2. The number of carbonyl (C=O) groups excluding carboxylic acids is 1. The Balaban J connectivity index is 1.72. The summed E-state index contributed by atoms with van der Waals surface area (Å²) < 4.78 is 33.1. The van der Waals surface area contributed by atoms with Crippen molar-refractivity contribution in [1.29, 1.82) is 0 Å². The third-order valence-corrected chi connectivity index (χ3v) is 3.99. The molecule has 2 aromatic rings. The van der Waals surface area contributed by atoms with E-state index < -0.39 is 9.84 Å². The van der Waals surface area contributed by atoms with Gasteiger partial charge in [-0.25, -0.2) is 8.42 Å². The van der Waals surface area contributed by atoms with E-state index >= 15 is 0 Å². The Morgan fingerprint density at radius 1 is 1.26 bits per heavy atom. The third-order valence-electron chi connectivity index (χ3n) is 2.86. The molecule has 0 atom stereocenters. The topological polar surface area (TPSA) is 85.6 Å². The van der Waals surface area contributed by atoms with Gasteiger partial charge in [0.15, 0.2) is 9.84 Å². The van der Waals surface area contributed by atoms with Gasteiger partial charge in [0.1, 0.15) is 18.1 Å². The largest absolute Gasteiger partial charge is 0.492 e. The Labute approximate surface area is 134 Å². The van der Waals surface area contributed by atoms with Crippen molar-refractivity contribution in [3.8, 4) is 5.75 Å². The Bertz CT molecular complexity index is 761. The fourth-order valence-corrected chi connectivity index (χ4v) is 2.36. The van der Waals surface area contributed by atoms with Crippen molar-refractivity contribution in [3.05, 3.63) is 54.5 Å². The molecule has 1 aromatic carbocycles. The molecule has 7 heteroatoms. The molecule has 0 aliphatic rings. The van der Waals surface area contributed by atoms with E-state index in [2.05, 4.69) is 5.32 Å². The van der Waals surface area contributed by atoms with Crippen LogP contribution in [-0.4, -0.2) is 33.7 Å². The fourth-order valence-electron chi connectivity index (χ4n) is 1.73. The van der Waals surface area contributed by atoms with Gasteiger partial charge in [-0.15, -0.1) is 0 Å². The van der Waals surface area contributed by atoms with Gasteiger partial charge in [0.2, 0.25) is 5.91 Å². The van der Waals surface area contributed by atoms with Crippen LogP contribution < -0.4 is 10.1 Å². The molecule has 23 heavy (non-hydrogen) atoms. The molecule has 6 nitrogen and oxygen atoms in total. The smallest absolute Gasteiger partial charge is 0.244 e. The van der Waals surface area contributed by atoms with Crippen molar-refractivity contribution in [2.24, 2.45) is 0 Å². The maximum Gasteiger partial charge on any atom is 0.244 e. The van der Waals surface area contributed by atoms with Crippen molar-refractivity contribution < 1.29 is 22.4 Å². The minimum Gasteiger partial charge on any atom is -0.492 e. The van der Waals surface area contributed by atoms with E-state index in [-0.39, 0.29) is 17.4 Å². The summed E-state index contributed by atoms with van der Waals surface area (Å²) in [5.41, 5.74) is 0. The number of sulfone groups is 1. The number of furan rings is 1. The van der Waals surface area contributed by atoms with Crippen LogP contribution in [0.3, 0.4) is 0 Å². The third kappa shape index (κ3) is 5.63. The molecule has 1 amide bonds. The summed E-state index contributed by atoms with van der Waals surface area (Å²) in [7, 11) is -3.21. The maximum absolute atomic E-state index is 11.5. The van der Waals surface area contributed by atoms with E-state index in [1.165, 1.54) is 24.5 Å². The van der Waals surface area contributed by atoms with Gasteiger partial charge >= 0.3 is 0 Å². The number of amides is 1. The standard InChI is InChI=1S/C16H17NO5S/c1-23(19,20)15-7-4-14(5-8-15)22-12-10-17-16(18)9-6-13-3-2-11-21-13/h2-9,11H,10,12H2,1H3,(H,17,18)/b9-6-. The number of nitrogens with one attached hydrogen (secondary N) is 1. The van der Waals surface area contributed by atoms with Gasteiger partial charge in [0, 0.05) is 12.3 Å². The number of ether oxygens (including phenoxy) is 1. The van der Waals surface area contributed by atoms with Crippen LogP contribution in [0.25, 0.3) is 6.08 Å². The molecule has 1 heterocycles. The van der Waals surface area contributed by atoms with Crippen LogP contribution in [0.15, 0.2) is 58.1 Å². The first-order valence-electron chi connectivity index (χ1n) is 6.87. The zero-order valence-electron chi connectivity index (χ0n) is 12.6. The summed E-state index contributed by atoms with van der Waals surface area (Å²) in [6.45, 7) is 0.605. The number of carbonyl (C=O) groups is 1. The molecule has 1 N–H and O–H groups in total. The first-order valence-corrected chi connectivity index (χ1v) is 8.76. The molecule has 0 aliphatic heterocycles. The van der Waals surface area contributed by atoms with Crippen LogP contribution in [-0.2, 0) is 14.6 Å². The van der Waals surface area contributed by atoms with Crippen LogP contribution in [0.4, 0.5) is 0 Å². The minimum absolute atomic E-state index is 0.237. The number of hydrogen-bond acceptors (Lipinski definition) is 5. The van der Waals surface area contributed by atoms with Crippen LogP contribution in [0, 0.1) is 0 Å². The average molecular weight is 335 g/mol. The zero-order chi connectivity index (χ0) is 16.7. The molecule has 1 aromatic heterocycles. The lowest BCUT2D eigenvalue weighted by Gasteiger charge is -2.07. The van der Waals surface area contributed by atoms with Crippen LogP contribution >= 0.6 is 0 Å². The molecule has 0 bridgehead atoms. The first kappa shape index (κ1) is 16.8. The van der Waals surface area contributed by atoms with Gasteiger partial charge in [-0.2, -0.15) is 0 Å². The van der Waals surface area contributed by atoms with Gasteiger partial charge < -0.3 is 14.5 Å². The second kappa shape index (κ2) is 7.64. The second-order valence-electron chi connectivity index (χ2n) is 4.73. The number of hydrogen-bond donors (Lipinski definition) is 1. The van der Waals surface area contributed by atoms with Crippen molar-refractivity contribution >= 4 is 21.8 Å². The first-order chi connectivity index (χ1) is 10.9. The van der Waals surface area contributed by atoms with E-state index in [1.54, 1.807) is 30.3 Å². The van der Waals surface area contributed by atoms with E-state index in [9.17, 15) is 13.2 Å². The zero-order valence-corrected chi connectivity index (χ0v) is 13.4. The van der Waals surface area contributed by atoms with Gasteiger partial charge in [-0.05, 0) is 42.5 Å². The predicted octanol–water partition coefficient (Wildman–Crippen LogP) is 1.89. The summed E-state index contributed by atoms with van der Waals surface area (Å²) >= 11 is 0. The molecule has 2 rings (SSSR count). The van der Waals surface area contributed by atoms with Crippen molar-refractivity contribution in [1.82, 2.24) is 5.32 Å². The van der Waals surface area contributed by atoms with Crippen LogP contribution in [0.1, 0.15) is 5.76 Å². The molecule has 0 saturated carbocycles. The van der Waals surface area contributed by atoms with Crippen LogP contribution in [0.5, 0.6) is 5.75 Å². The van der Waals surface area contributed by atoms with Crippen molar-refractivity contribution in [2.45, 2.75) is 4.90 Å². The number of benzene rings is 1. The predicted molar refractivity (Wildman–Crippen MR) is 85.8 cm³/mol. The van der Waals surface area contributed by atoms with Crippen molar-refractivity contribution in [3.63, 3.8) is 0 Å². The molecule has 0 saturated heterocycles. The molecular weight excluding hydrogens is 318 g/mol. The molecule has 0 spiro atoms. The van der Waals surface area contributed by atoms with E-state index in [0.29, 0.717) is 18.1 Å². The Morgan fingerprint density at radius 2 is 2.00 bits per heavy atom. The summed E-state index contributed by atoms with van der Waals surface area (Å²) in [4.78, 5) is 11.8. The quantitative estimate of drug-likeness (QED) is 0.617. The SMILES string of the molecule is CS(=O)(=O)c1ccc(OCCNC(=O)/C=C\c2ccco2)cc1. The molecule has 0 fully saturated rings. The highest BCUT2D eigenvalue weighted by Gasteiger charge is 2.06. The lowest BCUT2D eigenvalue weighted by molar-refractivity contribution is -0.116. The van der Waals surface area contributed by atoms with Gasteiger partial charge in [-0.3, -0.25) is 4.79 Å². The molecule has 0 unspecified atom stereocenters. The number of rotatable bonds is 7. The van der Waals surface area contributed by atoms with E-state index in [0.717, 1.165) is 6.26 Å². The minimum atomic E-state index is -3.21. The van der Waals surface area contributed by atoms with E-state index in [1.807, 2.05) is 0 Å². The molecule has 0 radical (unpaired) electrons. The lowest BCUT2D eigenvalue weighted by atomic mass is 10.3. The highest BCUT2D eigenvalue weighted by Crippen LogP contribution is 2.15. The van der Waals surface area contributed by atoms with Gasteiger partial charge in [-0.1, -0.05) is 0 Å². The molecular formula is C16H17NO5S. The summed E-state index contributed by atoms with van der Waals surface area (Å²) in [6.07, 6.45) is 5.62. The highest BCUT2D eigenvalue weighted by molar-refractivity contribution is 7.90. The summed E-state index contributed by atoms with van der Waals surface area (Å²) in [6, 6.07) is 9.60. The van der Waals surface area contributed by atoms with Gasteiger partial charge in [0.05, 0.1) is 17.7 Å². The second-order valence-corrected chi connectivity index (χ2v) is 6.75. The van der Waals surface area contributed by atoms with Gasteiger partial charge in [0.25, 0.3) is 0 Å². The normalized spacial score (nSPS) is 11.5. The maximum atomic E-state index is 11.5. The van der Waals surface area contributed by atoms with Crippen molar-refractivity contribution in [2.75, 3.05) is 19.4 Å². The molecule has 0 aliphatic carbocycles. The van der Waals surface area contributed by atoms with E-state index in [4.69, 9.17) is 9.15 Å². The Hall–Kier alpha value is -2.54. The van der Waals surface area contributed by atoms with Crippen LogP contribution in [0.2, 0.25) is 0 Å². The summed E-state index contributed by atoms with van der Waals surface area (Å²) in [5.74, 6) is 0.887. The Morgan fingerprint density at radius 3 is 2.61 bits per heavy atom. The molecule has 122 valence electrons. The average Bonchev–Trinajstić information content (AvgIpc) is 3.02.